The molecule has 1 aromatic carbocycles. The molecular weight excluding hydrogens is 320 g/mol. The molecule has 1 atom stereocenters. The van der Waals surface area contributed by atoms with Gasteiger partial charge in [-0.2, -0.15) is 0 Å². The zero-order chi connectivity index (χ0) is 19.4. The molecule has 1 aromatic rings. The molecule has 2 rings (SSSR count). The van der Waals surface area contributed by atoms with Gasteiger partial charge in [-0.25, -0.2) is 0 Å². The monoisotopic (exact) mass is 356 g/mol. The minimum atomic E-state index is -1.88. The summed E-state index contributed by atoms with van der Waals surface area (Å²) >= 11 is 0. The van der Waals surface area contributed by atoms with Gasteiger partial charge in [0.15, 0.2) is 0 Å². The number of hydrogen-bond donors (Lipinski definition) is 0. The second kappa shape index (κ2) is 6.16. The summed E-state index contributed by atoms with van der Waals surface area (Å²) < 4.78 is 6.04. The number of benzene rings is 1. The maximum absolute atomic E-state index is 6.04. The number of allylic oxidation sites excluding steroid dienone is 4. The van der Waals surface area contributed by atoms with Gasteiger partial charge in [-0.15, -0.1) is 0 Å². The van der Waals surface area contributed by atoms with Gasteiger partial charge >= 0.3 is 0 Å². The summed E-state index contributed by atoms with van der Waals surface area (Å²) in [4.78, 5) is 0. The van der Waals surface area contributed by atoms with Crippen LogP contribution in [0.5, 0.6) is 5.75 Å². The van der Waals surface area contributed by atoms with E-state index in [1.54, 1.807) is 0 Å². The molecule has 25 heavy (non-hydrogen) atoms. The van der Waals surface area contributed by atoms with E-state index in [1.165, 1.54) is 33.0 Å². The molecule has 0 saturated heterocycles. The first-order valence-electron chi connectivity index (χ1n) is 9.34. The van der Waals surface area contributed by atoms with Crippen LogP contribution >= 0.6 is 0 Å². The van der Waals surface area contributed by atoms with Crippen LogP contribution in [-0.2, 0) is 5.41 Å². The summed E-state index contributed by atoms with van der Waals surface area (Å²) in [5.74, 6) is 1.11. The highest BCUT2D eigenvalue weighted by atomic mass is 28.3. The van der Waals surface area contributed by atoms with Crippen molar-refractivity contribution in [3.63, 3.8) is 0 Å². The van der Waals surface area contributed by atoms with Crippen LogP contribution in [-0.4, -0.2) is 15.2 Å². The number of methoxy groups -OCH3 is 1. The molecule has 1 nitrogen and oxygen atoms in total. The SMILES string of the molecule is COc1c(C(C)(C)C)cc(C)cc1[Si](C)(C)C1(C)C=C(C)C(C)=C1C. The van der Waals surface area contributed by atoms with Gasteiger partial charge in [0.25, 0.3) is 0 Å². The maximum Gasteiger partial charge on any atom is 0.121 e. The molecule has 1 unspecified atom stereocenters. The Balaban J connectivity index is 2.80. The first-order chi connectivity index (χ1) is 11.3. The Hall–Kier alpha value is -1.28. The zero-order valence-electron chi connectivity index (χ0n) is 18.1. The van der Waals surface area contributed by atoms with E-state index in [-0.39, 0.29) is 10.5 Å². The quantitative estimate of drug-likeness (QED) is 0.580. The van der Waals surface area contributed by atoms with Crippen molar-refractivity contribution in [2.75, 3.05) is 7.11 Å². The molecule has 0 N–H and O–H groups in total. The van der Waals surface area contributed by atoms with Crippen LogP contribution in [0.2, 0.25) is 18.1 Å². The van der Waals surface area contributed by atoms with Crippen LogP contribution < -0.4 is 9.92 Å². The average Bonchev–Trinajstić information content (AvgIpc) is 2.70. The third-order valence-corrected chi connectivity index (χ3v) is 11.5. The zero-order valence-corrected chi connectivity index (χ0v) is 19.1. The minimum Gasteiger partial charge on any atom is -0.497 e. The Morgan fingerprint density at radius 2 is 1.56 bits per heavy atom. The van der Waals surface area contributed by atoms with Crippen molar-refractivity contribution in [2.45, 2.75) is 78.9 Å². The van der Waals surface area contributed by atoms with Crippen molar-refractivity contribution in [1.29, 1.82) is 0 Å². The summed E-state index contributed by atoms with van der Waals surface area (Å²) in [6, 6.07) is 4.69. The van der Waals surface area contributed by atoms with E-state index in [0.717, 1.165) is 5.75 Å². The van der Waals surface area contributed by atoms with Crippen LogP contribution in [0.15, 0.2) is 34.9 Å². The van der Waals surface area contributed by atoms with Gasteiger partial charge in [0.05, 0.1) is 15.2 Å². The third-order valence-electron chi connectivity index (χ3n) is 6.66. The van der Waals surface area contributed by atoms with Crippen molar-refractivity contribution >= 4 is 13.3 Å². The Morgan fingerprint density at radius 1 is 1.00 bits per heavy atom. The van der Waals surface area contributed by atoms with Gasteiger partial charge in [0.2, 0.25) is 0 Å². The van der Waals surface area contributed by atoms with Gasteiger partial charge in [-0.05, 0) is 49.4 Å². The first-order valence-corrected chi connectivity index (χ1v) is 12.3. The molecule has 0 saturated carbocycles. The summed E-state index contributed by atoms with van der Waals surface area (Å²) in [5, 5.41) is 1.57. The number of ether oxygens (including phenoxy) is 1. The van der Waals surface area contributed by atoms with Crippen molar-refractivity contribution in [1.82, 2.24) is 0 Å². The second-order valence-corrected chi connectivity index (χ2v) is 14.4. The van der Waals surface area contributed by atoms with E-state index in [2.05, 4.69) is 86.7 Å². The molecule has 0 aliphatic heterocycles. The molecule has 1 aliphatic rings. The van der Waals surface area contributed by atoms with E-state index in [4.69, 9.17) is 4.74 Å². The fourth-order valence-corrected chi connectivity index (χ4v) is 7.93. The molecule has 0 radical (unpaired) electrons. The average molecular weight is 357 g/mol. The van der Waals surface area contributed by atoms with Crippen molar-refractivity contribution < 1.29 is 4.74 Å². The molecule has 0 spiro atoms. The fourth-order valence-electron chi connectivity index (χ4n) is 4.28. The summed E-state index contributed by atoms with van der Waals surface area (Å²) in [5.41, 5.74) is 7.16. The van der Waals surface area contributed by atoms with Crippen molar-refractivity contribution in [2.24, 2.45) is 0 Å². The molecule has 1 aliphatic carbocycles. The summed E-state index contributed by atoms with van der Waals surface area (Å²) in [6.45, 7) is 23.3. The molecule has 0 aromatic heterocycles. The van der Waals surface area contributed by atoms with Crippen LogP contribution in [0.25, 0.3) is 0 Å². The van der Waals surface area contributed by atoms with E-state index in [9.17, 15) is 0 Å². The van der Waals surface area contributed by atoms with Gasteiger partial charge in [0.1, 0.15) is 5.75 Å². The molecule has 138 valence electrons. The maximum atomic E-state index is 6.04. The highest BCUT2D eigenvalue weighted by molar-refractivity contribution is 6.94. The fraction of sp³-hybridized carbons (Fsp3) is 0.565. The predicted molar refractivity (Wildman–Crippen MR) is 114 cm³/mol. The summed E-state index contributed by atoms with van der Waals surface area (Å²) in [6.07, 6.45) is 2.52. The lowest BCUT2D eigenvalue weighted by Gasteiger charge is -2.42. The van der Waals surface area contributed by atoms with Crippen LogP contribution in [0.1, 0.15) is 59.6 Å². The predicted octanol–water partition coefficient (Wildman–Crippen LogP) is 6.27. The highest BCUT2D eigenvalue weighted by Gasteiger charge is 2.48. The molecule has 0 fully saturated rings. The van der Waals surface area contributed by atoms with Crippen molar-refractivity contribution in [3.8, 4) is 5.75 Å². The van der Waals surface area contributed by atoms with E-state index in [1.807, 2.05) is 7.11 Å². The van der Waals surface area contributed by atoms with Gasteiger partial charge in [-0.3, -0.25) is 0 Å². The van der Waals surface area contributed by atoms with Crippen LogP contribution in [0, 0.1) is 6.92 Å². The largest absolute Gasteiger partial charge is 0.497 e. The third kappa shape index (κ3) is 3.03. The van der Waals surface area contributed by atoms with E-state index < -0.39 is 8.07 Å². The summed E-state index contributed by atoms with van der Waals surface area (Å²) in [7, 11) is -0.0504. The van der Waals surface area contributed by atoms with E-state index >= 15 is 0 Å². The van der Waals surface area contributed by atoms with Crippen LogP contribution in [0.3, 0.4) is 0 Å². The molecule has 0 heterocycles. The minimum absolute atomic E-state index is 0.0692. The Morgan fingerprint density at radius 3 is 1.96 bits per heavy atom. The second-order valence-electron chi connectivity index (χ2n) is 9.55. The van der Waals surface area contributed by atoms with Crippen LogP contribution in [0.4, 0.5) is 0 Å². The van der Waals surface area contributed by atoms with Gasteiger partial charge in [-0.1, -0.05) is 75.7 Å². The van der Waals surface area contributed by atoms with Gasteiger partial charge in [0, 0.05) is 5.04 Å². The standard InChI is InChI=1S/C23H36OSi/c1-15-12-19(22(5,6)7)21(24-9)20(13-15)25(10,11)23(8)14-16(2)17(3)18(23)4/h12-14H,1-11H3. The van der Waals surface area contributed by atoms with Gasteiger partial charge < -0.3 is 4.74 Å². The Labute approximate surface area is 156 Å². The molecule has 0 amide bonds. The first kappa shape index (κ1) is 20.0. The Kier molecular flexibility index (Phi) is 4.93. The Bertz CT molecular complexity index is 759. The lowest BCUT2D eigenvalue weighted by atomic mass is 9.85. The highest BCUT2D eigenvalue weighted by Crippen LogP contribution is 2.53. The molecular formula is C23H36OSi. The lowest BCUT2D eigenvalue weighted by molar-refractivity contribution is 0.400. The van der Waals surface area contributed by atoms with E-state index in [0.29, 0.717) is 0 Å². The topological polar surface area (TPSA) is 9.23 Å². The van der Waals surface area contributed by atoms with Crippen molar-refractivity contribution in [3.05, 3.63) is 46.1 Å². The normalized spacial score (nSPS) is 21.6. The number of hydrogen-bond acceptors (Lipinski definition) is 1. The number of aryl methyl sites for hydroxylation is 1. The number of rotatable bonds is 3. The molecule has 2 heteroatoms. The lowest BCUT2D eigenvalue weighted by Crippen LogP contribution is -2.52. The smallest absolute Gasteiger partial charge is 0.121 e. The molecule has 0 bridgehead atoms.